The first kappa shape index (κ1) is 20.1. The van der Waals surface area contributed by atoms with Crippen molar-refractivity contribution in [3.63, 3.8) is 0 Å². The quantitative estimate of drug-likeness (QED) is 0.264. The Bertz CT molecular complexity index is 448. The van der Waals surface area contributed by atoms with E-state index in [4.69, 9.17) is 15.4 Å². The van der Waals surface area contributed by atoms with Crippen LogP contribution in [0.1, 0.15) is 19.8 Å². The Morgan fingerprint density at radius 1 is 1.41 bits per heavy atom. The molecule has 0 radical (unpaired) electrons. The van der Waals surface area contributed by atoms with Gasteiger partial charge in [0.15, 0.2) is 5.92 Å². The van der Waals surface area contributed by atoms with Crippen LogP contribution in [0.15, 0.2) is 12.2 Å². The summed E-state index contributed by atoms with van der Waals surface area (Å²) in [5, 5.41) is 29.7. The molecule has 0 aromatic rings. The topological polar surface area (TPSA) is 106 Å². The van der Waals surface area contributed by atoms with Gasteiger partial charge in [0, 0.05) is 25.0 Å². The largest absolute Gasteiger partial charge is 0.391 e. The number of hydrogen-bond donors (Lipinski definition) is 2. The van der Waals surface area contributed by atoms with E-state index in [0.717, 1.165) is 6.42 Å². The summed E-state index contributed by atoms with van der Waals surface area (Å²) in [6.07, 6.45) is -0.0576. The van der Waals surface area contributed by atoms with Crippen molar-refractivity contribution in [2.45, 2.75) is 25.9 Å². The van der Waals surface area contributed by atoms with Crippen molar-refractivity contribution in [1.29, 1.82) is 10.5 Å². The number of aliphatic hydroxyl groups is 1. The van der Waals surface area contributed by atoms with Crippen LogP contribution in [-0.2, 0) is 9.63 Å². The first-order valence-electron chi connectivity index (χ1n) is 7.12. The Hall–Kier alpha value is -1.93. The Labute approximate surface area is 131 Å². The lowest BCUT2D eigenvalue weighted by atomic mass is 10.0. The standard InChI is InChI=1S/C15H24N4O3/c1-12(2)15(21)18-7-5-8-19(3,4)22-9-6-14(20)13(10-16)11-17/h13-14,20H,1,5-9H2,2-4H3/p+1. The maximum absolute atomic E-state index is 11.3. The van der Waals surface area contributed by atoms with Gasteiger partial charge in [-0.25, -0.2) is 4.84 Å². The second-order valence-corrected chi connectivity index (χ2v) is 5.61. The summed E-state index contributed by atoms with van der Waals surface area (Å²) in [5.41, 5.74) is 0.475. The molecule has 7 nitrogen and oxygen atoms in total. The predicted octanol–water partition coefficient (Wildman–Crippen LogP) is 0.491. The zero-order valence-corrected chi connectivity index (χ0v) is 13.5. The van der Waals surface area contributed by atoms with Gasteiger partial charge in [-0.3, -0.25) is 4.79 Å². The molecule has 0 aliphatic rings. The highest BCUT2D eigenvalue weighted by Gasteiger charge is 2.21. The van der Waals surface area contributed by atoms with Crippen LogP contribution in [0.25, 0.3) is 0 Å². The Morgan fingerprint density at radius 3 is 2.50 bits per heavy atom. The van der Waals surface area contributed by atoms with Crippen LogP contribution in [0, 0.1) is 28.6 Å². The molecular weight excluding hydrogens is 284 g/mol. The molecule has 1 unspecified atom stereocenters. The molecule has 1 amide bonds. The third kappa shape index (κ3) is 8.38. The van der Waals surface area contributed by atoms with E-state index >= 15 is 0 Å². The number of nitriles is 2. The molecule has 0 spiro atoms. The molecular formula is C15H25N4O3+. The fourth-order valence-electron chi connectivity index (χ4n) is 1.67. The fourth-order valence-corrected chi connectivity index (χ4v) is 1.67. The molecule has 0 aliphatic heterocycles. The van der Waals surface area contributed by atoms with Gasteiger partial charge in [0.1, 0.15) is 13.2 Å². The highest BCUT2D eigenvalue weighted by Crippen LogP contribution is 2.08. The summed E-state index contributed by atoms with van der Waals surface area (Å²) in [6, 6.07) is 3.48. The first-order valence-corrected chi connectivity index (χ1v) is 7.12. The number of quaternary nitrogens is 1. The number of carbonyl (C=O) groups excluding carboxylic acids is 1. The lowest BCUT2D eigenvalue weighted by Crippen LogP contribution is -2.42. The van der Waals surface area contributed by atoms with Crippen molar-refractivity contribution < 1.29 is 19.4 Å². The number of nitrogens with one attached hydrogen (secondary N) is 1. The van der Waals surface area contributed by atoms with Gasteiger partial charge in [-0.2, -0.15) is 15.2 Å². The highest BCUT2D eigenvalue weighted by atomic mass is 16.7. The van der Waals surface area contributed by atoms with Gasteiger partial charge in [-0.15, -0.1) is 0 Å². The maximum Gasteiger partial charge on any atom is 0.246 e. The lowest BCUT2D eigenvalue weighted by Gasteiger charge is -2.27. The molecule has 0 aromatic heterocycles. The van der Waals surface area contributed by atoms with Crippen LogP contribution >= 0.6 is 0 Å². The Kier molecular flexibility index (Phi) is 9.04. The number of aliphatic hydroxyl groups excluding tert-OH is 1. The minimum Gasteiger partial charge on any atom is -0.391 e. The van der Waals surface area contributed by atoms with Gasteiger partial charge in [-0.05, 0) is 6.92 Å². The molecule has 0 aromatic carbocycles. The van der Waals surface area contributed by atoms with Crippen molar-refractivity contribution in [3.05, 3.63) is 12.2 Å². The van der Waals surface area contributed by atoms with Crippen molar-refractivity contribution in [2.75, 3.05) is 33.8 Å². The van der Waals surface area contributed by atoms with Crippen LogP contribution in [0.5, 0.6) is 0 Å². The second kappa shape index (κ2) is 9.91. The van der Waals surface area contributed by atoms with Crippen LogP contribution in [0.2, 0.25) is 0 Å². The van der Waals surface area contributed by atoms with Crippen molar-refractivity contribution >= 4 is 5.91 Å². The summed E-state index contributed by atoms with van der Waals surface area (Å²) < 4.78 is 0.263. The monoisotopic (exact) mass is 309 g/mol. The van der Waals surface area contributed by atoms with Gasteiger partial charge in [0.05, 0.1) is 32.3 Å². The molecule has 22 heavy (non-hydrogen) atoms. The molecule has 0 saturated heterocycles. The van der Waals surface area contributed by atoms with Gasteiger partial charge in [0.25, 0.3) is 0 Å². The zero-order chi connectivity index (χ0) is 17.2. The van der Waals surface area contributed by atoms with E-state index in [-0.39, 0.29) is 23.6 Å². The number of hydroxylamine groups is 3. The van der Waals surface area contributed by atoms with E-state index in [1.807, 2.05) is 14.1 Å². The Morgan fingerprint density at radius 2 is 2.00 bits per heavy atom. The Balaban J connectivity index is 3.96. The van der Waals surface area contributed by atoms with E-state index in [1.54, 1.807) is 19.1 Å². The summed E-state index contributed by atoms with van der Waals surface area (Å²) in [6.45, 7) is 6.66. The van der Waals surface area contributed by atoms with Gasteiger partial charge in [0.2, 0.25) is 5.91 Å². The van der Waals surface area contributed by atoms with Crippen molar-refractivity contribution in [2.24, 2.45) is 5.92 Å². The molecule has 0 aliphatic carbocycles. The molecule has 0 saturated carbocycles. The van der Waals surface area contributed by atoms with E-state index in [1.165, 1.54) is 0 Å². The SMILES string of the molecule is C=C(C)C(=O)NCCC[N+](C)(C)OCCC(O)C(C#N)C#N. The minimum absolute atomic E-state index is 0.159. The van der Waals surface area contributed by atoms with E-state index in [2.05, 4.69) is 11.9 Å². The van der Waals surface area contributed by atoms with Crippen molar-refractivity contribution in [3.8, 4) is 12.1 Å². The highest BCUT2D eigenvalue weighted by molar-refractivity contribution is 5.91. The molecule has 0 rings (SSSR count). The number of rotatable bonds is 10. The number of nitrogens with zero attached hydrogens (tertiary/aromatic N) is 3. The molecule has 7 heteroatoms. The minimum atomic E-state index is -1.03. The molecule has 0 heterocycles. The third-order valence-corrected chi connectivity index (χ3v) is 3.06. The third-order valence-electron chi connectivity index (χ3n) is 3.06. The van der Waals surface area contributed by atoms with Gasteiger partial charge >= 0.3 is 0 Å². The smallest absolute Gasteiger partial charge is 0.246 e. The maximum atomic E-state index is 11.3. The summed E-state index contributed by atoms with van der Waals surface area (Å²) in [7, 11) is 3.72. The average Bonchev–Trinajstić information content (AvgIpc) is 2.44. The first-order chi connectivity index (χ1) is 10.2. The normalized spacial score (nSPS) is 12.3. The number of hydrogen-bond acceptors (Lipinski definition) is 5. The van der Waals surface area contributed by atoms with Crippen LogP contribution < -0.4 is 5.32 Å². The van der Waals surface area contributed by atoms with Crippen molar-refractivity contribution in [1.82, 2.24) is 5.32 Å². The van der Waals surface area contributed by atoms with Crippen LogP contribution in [0.3, 0.4) is 0 Å². The summed E-state index contributed by atoms with van der Waals surface area (Å²) in [4.78, 5) is 16.9. The summed E-state index contributed by atoms with van der Waals surface area (Å²) >= 11 is 0. The number of carbonyl (C=O) groups is 1. The molecule has 0 bridgehead atoms. The van der Waals surface area contributed by atoms with Gasteiger partial charge < -0.3 is 10.4 Å². The number of amides is 1. The fraction of sp³-hybridized carbons (Fsp3) is 0.667. The molecule has 2 N–H and O–H groups in total. The van der Waals surface area contributed by atoms with Crippen LogP contribution in [-0.4, -0.2) is 55.6 Å². The van der Waals surface area contributed by atoms with Crippen LogP contribution in [0.4, 0.5) is 0 Å². The summed E-state index contributed by atoms with van der Waals surface area (Å²) in [5.74, 6) is -1.19. The zero-order valence-electron chi connectivity index (χ0n) is 13.5. The van der Waals surface area contributed by atoms with E-state index in [0.29, 0.717) is 18.7 Å². The molecule has 122 valence electrons. The second-order valence-electron chi connectivity index (χ2n) is 5.61. The van der Waals surface area contributed by atoms with E-state index in [9.17, 15) is 9.90 Å². The molecule has 0 fully saturated rings. The van der Waals surface area contributed by atoms with E-state index < -0.39 is 12.0 Å². The predicted molar refractivity (Wildman–Crippen MR) is 80.7 cm³/mol. The average molecular weight is 309 g/mol. The lowest BCUT2D eigenvalue weighted by molar-refractivity contribution is -1.08. The molecule has 1 atom stereocenters. The van der Waals surface area contributed by atoms with Gasteiger partial charge in [-0.1, -0.05) is 6.58 Å².